The summed E-state index contributed by atoms with van der Waals surface area (Å²) in [6.45, 7) is 19.4. The van der Waals surface area contributed by atoms with Gasteiger partial charge in [0.2, 0.25) is 5.89 Å². The molecule has 0 saturated carbocycles. The third-order valence-electron chi connectivity index (χ3n) is 11.3. The number of rotatable bonds is 15. The summed E-state index contributed by atoms with van der Waals surface area (Å²) in [4.78, 5) is 50.7. The predicted molar refractivity (Wildman–Crippen MR) is 223 cm³/mol. The molecular weight excluding hydrogens is 779 g/mol. The second-order valence-corrected chi connectivity index (χ2v) is 23.0. The minimum absolute atomic E-state index is 0.0590. The van der Waals surface area contributed by atoms with Crippen molar-refractivity contribution in [3.05, 3.63) is 77.2 Å². The highest BCUT2D eigenvalue weighted by atomic mass is 28.4. The van der Waals surface area contributed by atoms with E-state index in [1.165, 1.54) is 30.7 Å². The van der Waals surface area contributed by atoms with Crippen molar-refractivity contribution >= 4 is 26.2 Å². The highest BCUT2D eigenvalue weighted by Crippen LogP contribution is 2.40. The monoisotopic (exact) mass is 840 g/mol. The molecule has 324 valence electrons. The number of oxazole rings is 1. The van der Waals surface area contributed by atoms with Crippen LogP contribution in [-0.2, 0) is 25.1 Å². The van der Waals surface area contributed by atoms with Gasteiger partial charge in [0.05, 0.1) is 49.7 Å². The van der Waals surface area contributed by atoms with Gasteiger partial charge in [-0.1, -0.05) is 27.7 Å². The van der Waals surface area contributed by atoms with Gasteiger partial charge in [0.1, 0.15) is 23.5 Å². The van der Waals surface area contributed by atoms with Crippen molar-refractivity contribution in [2.24, 2.45) is 0 Å². The minimum Gasteiger partial charge on any atom is -0.445 e. The molecule has 1 N–H and O–H groups in total. The molecule has 3 amide bonds. The first-order valence-electron chi connectivity index (χ1n) is 20.6. The van der Waals surface area contributed by atoms with Gasteiger partial charge >= 0.3 is 6.09 Å². The molecule has 5 rings (SSSR count). The fraction of sp³-hybridized carbons (Fsp3) is 0.591. The maximum Gasteiger partial charge on any atom is 0.410 e. The van der Waals surface area contributed by atoms with Crippen LogP contribution in [0.5, 0.6) is 0 Å². The summed E-state index contributed by atoms with van der Waals surface area (Å²) in [5.41, 5.74) is 0.268. The summed E-state index contributed by atoms with van der Waals surface area (Å²) in [5, 5.41) is 2.86. The number of amides is 3. The summed E-state index contributed by atoms with van der Waals surface area (Å²) in [5.74, 6) is -2.17. The number of nitrogens with zero attached hydrogens (tertiary/aromatic N) is 3. The first-order chi connectivity index (χ1) is 27.7. The van der Waals surface area contributed by atoms with E-state index in [4.69, 9.17) is 23.1 Å². The van der Waals surface area contributed by atoms with Crippen LogP contribution in [0.2, 0.25) is 18.1 Å². The van der Waals surface area contributed by atoms with E-state index in [2.05, 4.69) is 44.2 Å². The van der Waals surface area contributed by atoms with Crippen LogP contribution in [0.4, 0.5) is 13.6 Å². The molecule has 0 spiro atoms. The lowest BCUT2D eigenvalue weighted by Gasteiger charge is -2.45. The number of aromatic nitrogens is 1. The van der Waals surface area contributed by atoms with Gasteiger partial charge in [-0.3, -0.25) is 14.5 Å². The van der Waals surface area contributed by atoms with Crippen molar-refractivity contribution in [1.82, 2.24) is 20.1 Å². The quantitative estimate of drug-likeness (QED) is 0.150. The zero-order valence-corrected chi connectivity index (χ0v) is 37.2. The number of likely N-dealkylation sites (tertiary alicyclic amines) is 2. The standard InChI is InChI=1S/C44H62F2N4O8Si/c1-11-16-55-35-25-37(50(26-35)42(53)57-43(2,3)4)38(58-59(9,10)44(5,6)7)36(20-28-18-32(45)24-33(46)19-28)48-39(51)29-21-30(40-47-14-17-56-40)23-31(22-29)41(52)49-15-12-13-34(49)27-54-8/h14,17-19,21-24,34-38H,11-13,15-16,20,25-27H2,1-10H3,(H,48,51)/t34-,35?,36+,37?,38+/m1/s1. The third kappa shape index (κ3) is 11.8. The Morgan fingerprint density at radius 1 is 1.00 bits per heavy atom. The Labute approximate surface area is 348 Å². The van der Waals surface area contributed by atoms with Crippen LogP contribution in [0.3, 0.4) is 0 Å². The van der Waals surface area contributed by atoms with E-state index in [1.807, 2.05) is 6.92 Å². The molecule has 3 aromatic rings. The number of ether oxygens (including phenoxy) is 3. The molecule has 2 aromatic carbocycles. The molecule has 2 unspecified atom stereocenters. The molecule has 2 fully saturated rings. The first kappa shape index (κ1) is 45.9. The Bertz CT molecular complexity index is 1890. The minimum atomic E-state index is -2.72. The lowest BCUT2D eigenvalue weighted by molar-refractivity contribution is 0.000336. The third-order valence-corrected chi connectivity index (χ3v) is 15.8. The summed E-state index contributed by atoms with van der Waals surface area (Å²) >= 11 is 0. The fourth-order valence-electron chi connectivity index (χ4n) is 7.51. The molecule has 2 saturated heterocycles. The van der Waals surface area contributed by atoms with Crippen molar-refractivity contribution < 1.29 is 46.2 Å². The molecule has 59 heavy (non-hydrogen) atoms. The van der Waals surface area contributed by atoms with E-state index in [-0.39, 0.29) is 58.6 Å². The van der Waals surface area contributed by atoms with E-state index in [0.717, 1.165) is 25.3 Å². The average Bonchev–Trinajstić information content (AvgIpc) is 3.93. The molecule has 0 radical (unpaired) electrons. The van der Waals surface area contributed by atoms with Crippen molar-refractivity contribution in [1.29, 1.82) is 0 Å². The Balaban J connectivity index is 1.63. The number of halogens is 2. The number of hydrogen-bond acceptors (Lipinski definition) is 9. The normalized spacial score (nSPS) is 19.8. The summed E-state index contributed by atoms with van der Waals surface area (Å²) < 4.78 is 60.1. The van der Waals surface area contributed by atoms with Crippen LogP contribution in [0, 0.1) is 11.6 Å². The Morgan fingerprint density at radius 2 is 1.69 bits per heavy atom. The highest BCUT2D eigenvalue weighted by Gasteiger charge is 2.49. The van der Waals surface area contributed by atoms with Crippen molar-refractivity contribution in [3.63, 3.8) is 0 Å². The molecule has 12 nitrogen and oxygen atoms in total. The maximum absolute atomic E-state index is 14.8. The smallest absolute Gasteiger partial charge is 0.410 e. The van der Waals surface area contributed by atoms with E-state index in [0.29, 0.717) is 31.7 Å². The number of methoxy groups -OCH3 is 1. The first-order valence-corrected chi connectivity index (χ1v) is 23.5. The van der Waals surface area contributed by atoms with Crippen LogP contribution in [0.15, 0.2) is 53.3 Å². The van der Waals surface area contributed by atoms with Gasteiger partial charge < -0.3 is 33.3 Å². The van der Waals surface area contributed by atoms with Gasteiger partial charge in [-0.05, 0) is 107 Å². The average molecular weight is 841 g/mol. The Kier molecular flexibility index (Phi) is 14.8. The number of benzene rings is 2. The van der Waals surface area contributed by atoms with Crippen molar-refractivity contribution in [2.45, 2.75) is 135 Å². The number of hydrogen-bond donors (Lipinski definition) is 1. The Morgan fingerprint density at radius 3 is 2.31 bits per heavy atom. The summed E-state index contributed by atoms with van der Waals surface area (Å²) in [6.07, 6.45) is 3.73. The highest BCUT2D eigenvalue weighted by molar-refractivity contribution is 6.74. The molecule has 15 heteroatoms. The fourth-order valence-corrected chi connectivity index (χ4v) is 8.86. The van der Waals surface area contributed by atoms with Gasteiger partial charge in [0.15, 0.2) is 8.32 Å². The van der Waals surface area contributed by atoms with E-state index < -0.39 is 55.7 Å². The van der Waals surface area contributed by atoms with Gasteiger partial charge in [-0.15, -0.1) is 0 Å². The molecule has 0 aliphatic carbocycles. The molecular formula is C44H62F2N4O8Si. The van der Waals surface area contributed by atoms with Crippen molar-refractivity contribution in [3.8, 4) is 11.5 Å². The van der Waals surface area contributed by atoms with E-state index in [9.17, 15) is 23.2 Å². The van der Waals surface area contributed by atoms with Gasteiger partial charge in [0.25, 0.3) is 11.8 Å². The predicted octanol–water partition coefficient (Wildman–Crippen LogP) is 8.41. The van der Waals surface area contributed by atoms with E-state index >= 15 is 0 Å². The lowest BCUT2D eigenvalue weighted by atomic mass is 9.93. The lowest BCUT2D eigenvalue weighted by Crippen LogP contribution is -2.60. The largest absolute Gasteiger partial charge is 0.445 e. The SMILES string of the molecule is CCCOC1CC([C@@H](O[Si](C)(C)C(C)(C)C)[C@H](Cc2cc(F)cc(F)c2)NC(=O)c2cc(C(=O)N3CCC[C@@H]3COC)cc(-c3ncco3)c2)N(C(=O)OC(C)(C)C)C1. The van der Waals surface area contributed by atoms with E-state index in [1.54, 1.807) is 49.8 Å². The van der Waals surface area contributed by atoms with Crippen molar-refractivity contribution in [2.75, 3.05) is 33.4 Å². The van der Waals surface area contributed by atoms with Gasteiger partial charge in [-0.2, -0.15) is 0 Å². The Hall–Kier alpha value is -4.18. The second-order valence-electron chi connectivity index (χ2n) is 18.2. The zero-order chi connectivity index (χ0) is 43.3. The maximum atomic E-state index is 14.8. The van der Waals surface area contributed by atoms with Crippen LogP contribution in [0.25, 0.3) is 11.5 Å². The summed E-state index contributed by atoms with van der Waals surface area (Å²) in [6, 6.07) is 6.28. The topological polar surface area (TPSA) is 133 Å². The van der Waals surface area contributed by atoms with Crippen LogP contribution < -0.4 is 5.32 Å². The molecule has 3 heterocycles. The number of carbonyl (C=O) groups excluding carboxylic acids is 3. The van der Waals surface area contributed by atoms with Crippen LogP contribution in [-0.4, -0.2) is 110 Å². The van der Waals surface area contributed by atoms with Crippen LogP contribution in [0.1, 0.15) is 100 Å². The molecule has 5 atom stereocenters. The number of carbonyl (C=O) groups is 3. The molecule has 2 aliphatic heterocycles. The molecule has 0 bridgehead atoms. The number of nitrogens with one attached hydrogen (secondary N) is 1. The van der Waals surface area contributed by atoms with Gasteiger partial charge in [0, 0.05) is 43.0 Å². The second kappa shape index (κ2) is 19.0. The summed E-state index contributed by atoms with van der Waals surface area (Å²) in [7, 11) is -1.13. The van der Waals surface area contributed by atoms with Gasteiger partial charge in [-0.25, -0.2) is 18.6 Å². The molecule has 1 aromatic heterocycles. The molecule has 2 aliphatic rings. The van der Waals surface area contributed by atoms with Crippen LogP contribution >= 0.6 is 0 Å². The zero-order valence-electron chi connectivity index (χ0n) is 36.2.